The van der Waals surface area contributed by atoms with Crippen LogP contribution in [-0.4, -0.2) is 10.2 Å². The third-order valence-electron chi connectivity index (χ3n) is 3.89. The molecule has 3 nitrogen and oxygen atoms in total. The van der Waals surface area contributed by atoms with Crippen molar-refractivity contribution in [3.05, 3.63) is 90.0 Å². The van der Waals surface area contributed by atoms with Crippen molar-refractivity contribution in [2.45, 2.75) is 18.9 Å². The predicted molar refractivity (Wildman–Crippen MR) is 94.3 cm³/mol. The molecule has 0 saturated heterocycles. The maximum Gasteiger partial charge on any atom is 0.169 e. The van der Waals surface area contributed by atoms with Crippen molar-refractivity contribution in [2.24, 2.45) is 0 Å². The standard InChI is InChI=1S/C21H20O3/c22-19(13-11-16-7-3-1-4-8-16)17-12-14-21(20(23)15-17)24-18-9-5-2-6-10-18/h1-10,12,14-15,19,22-23H,11,13H2. The number of aliphatic hydroxyl groups excluding tert-OH is 1. The lowest BCUT2D eigenvalue weighted by molar-refractivity contribution is 0.167. The van der Waals surface area contributed by atoms with Crippen LogP contribution in [0.25, 0.3) is 0 Å². The van der Waals surface area contributed by atoms with Gasteiger partial charge in [0.2, 0.25) is 0 Å². The number of aromatic hydroxyl groups is 1. The van der Waals surface area contributed by atoms with E-state index in [0.29, 0.717) is 23.5 Å². The van der Waals surface area contributed by atoms with Crippen LogP contribution in [0.1, 0.15) is 23.7 Å². The fourth-order valence-corrected chi connectivity index (χ4v) is 2.56. The molecule has 0 aliphatic heterocycles. The lowest BCUT2D eigenvalue weighted by Gasteiger charge is -2.13. The number of aryl methyl sites for hydroxylation is 1. The molecule has 0 heterocycles. The second-order valence-electron chi connectivity index (χ2n) is 5.68. The zero-order valence-corrected chi connectivity index (χ0v) is 13.3. The van der Waals surface area contributed by atoms with E-state index in [1.165, 1.54) is 5.56 Å². The molecule has 0 aliphatic carbocycles. The van der Waals surface area contributed by atoms with E-state index in [9.17, 15) is 10.2 Å². The molecule has 3 aromatic carbocycles. The van der Waals surface area contributed by atoms with Gasteiger partial charge < -0.3 is 14.9 Å². The van der Waals surface area contributed by atoms with E-state index in [2.05, 4.69) is 0 Å². The second kappa shape index (κ2) is 7.66. The van der Waals surface area contributed by atoms with Gasteiger partial charge in [0.05, 0.1) is 6.10 Å². The summed E-state index contributed by atoms with van der Waals surface area (Å²) in [5.41, 5.74) is 1.87. The van der Waals surface area contributed by atoms with E-state index >= 15 is 0 Å². The van der Waals surface area contributed by atoms with Gasteiger partial charge in [-0.25, -0.2) is 0 Å². The lowest BCUT2D eigenvalue weighted by atomic mass is 10.0. The normalized spacial score (nSPS) is 11.9. The quantitative estimate of drug-likeness (QED) is 0.682. The van der Waals surface area contributed by atoms with Gasteiger partial charge in [0.1, 0.15) is 5.75 Å². The number of aliphatic hydroxyl groups is 1. The Kier molecular flexibility index (Phi) is 5.14. The van der Waals surface area contributed by atoms with Crippen LogP contribution < -0.4 is 4.74 Å². The van der Waals surface area contributed by atoms with Gasteiger partial charge in [-0.3, -0.25) is 0 Å². The minimum Gasteiger partial charge on any atom is -0.504 e. The van der Waals surface area contributed by atoms with Gasteiger partial charge in [-0.1, -0.05) is 54.6 Å². The Morgan fingerprint density at radius 1 is 0.833 bits per heavy atom. The largest absolute Gasteiger partial charge is 0.504 e. The van der Waals surface area contributed by atoms with Gasteiger partial charge >= 0.3 is 0 Å². The van der Waals surface area contributed by atoms with Crippen molar-refractivity contribution >= 4 is 0 Å². The first-order valence-corrected chi connectivity index (χ1v) is 8.00. The highest BCUT2D eigenvalue weighted by Crippen LogP contribution is 2.33. The molecule has 2 N–H and O–H groups in total. The first-order chi connectivity index (χ1) is 11.7. The van der Waals surface area contributed by atoms with Crippen molar-refractivity contribution in [1.82, 2.24) is 0 Å². The molecular formula is C21H20O3. The number of ether oxygens (including phenoxy) is 1. The molecule has 1 atom stereocenters. The smallest absolute Gasteiger partial charge is 0.169 e. The molecule has 3 rings (SSSR count). The van der Waals surface area contributed by atoms with E-state index in [4.69, 9.17) is 4.74 Å². The van der Waals surface area contributed by atoms with Gasteiger partial charge in [0.25, 0.3) is 0 Å². The highest BCUT2D eigenvalue weighted by atomic mass is 16.5. The fraction of sp³-hybridized carbons (Fsp3) is 0.143. The Hall–Kier alpha value is -2.78. The summed E-state index contributed by atoms with van der Waals surface area (Å²) in [6.45, 7) is 0. The van der Waals surface area contributed by atoms with Crippen LogP contribution >= 0.6 is 0 Å². The maximum absolute atomic E-state index is 10.3. The summed E-state index contributed by atoms with van der Waals surface area (Å²) in [5.74, 6) is 1.06. The Morgan fingerprint density at radius 3 is 2.17 bits per heavy atom. The molecule has 0 aromatic heterocycles. The average molecular weight is 320 g/mol. The second-order valence-corrected chi connectivity index (χ2v) is 5.68. The number of phenols is 1. The first-order valence-electron chi connectivity index (χ1n) is 8.00. The Morgan fingerprint density at radius 2 is 1.50 bits per heavy atom. The van der Waals surface area contributed by atoms with Crippen LogP contribution in [-0.2, 0) is 6.42 Å². The number of phenolic OH excluding ortho intramolecular Hbond substituents is 1. The maximum atomic E-state index is 10.3. The predicted octanol–water partition coefficient (Wildman–Crippen LogP) is 4.85. The Balaban J connectivity index is 1.65. The zero-order chi connectivity index (χ0) is 16.8. The topological polar surface area (TPSA) is 49.7 Å². The van der Waals surface area contributed by atoms with Crippen LogP contribution in [0.3, 0.4) is 0 Å². The molecule has 0 spiro atoms. The van der Waals surface area contributed by atoms with E-state index in [0.717, 1.165) is 6.42 Å². The third kappa shape index (κ3) is 4.15. The lowest BCUT2D eigenvalue weighted by Crippen LogP contribution is -2.00. The zero-order valence-electron chi connectivity index (χ0n) is 13.3. The SMILES string of the molecule is Oc1cc(C(O)CCc2ccccc2)ccc1Oc1ccccc1. The molecule has 0 radical (unpaired) electrons. The monoisotopic (exact) mass is 320 g/mol. The van der Waals surface area contributed by atoms with Crippen molar-refractivity contribution in [3.8, 4) is 17.2 Å². The summed E-state index contributed by atoms with van der Waals surface area (Å²) < 4.78 is 5.64. The number of hydrogen-bond donors (Lipinski definition) is 2. The minimum absolute atomic E-state index is 0.0233. The minimum atomic E-state index is -0.623. The summed E-state index contributed by atoms with van der Waals surface area (Å²) >= 11 is 0. The van der Waals surface area contributed by atoms with Crippen molar-refractivity contribution < 1.29 is 14.9 Å². The summed E-state index contributed by atoms with van der Waals surface area (Å²) in [7, 11) is 0. The molecule has 0 fully saturated rings. The van der Waals surface area contributed by atoms with Gasteiger partial charge in [-0.2, -0.15) is 0 Å². The molecule has 24 heavy (non-hydrogen) atoms. The third-order valence-corrected chi connectivity index (χ3v) is 3.89. The number of benzene rings is 3. The van der Waals surface area contributed by atoms with E-state index in [1.54, 1.807) is 18.2 Å². The van der Waals surface area contributed by atoms with Crippen molar-refractivity contribution in [3.63, 3.8) is 0 Å². The molecule has 3 aromatic rings. The van der Waals surface area contributed by atoms with E-state index < -0.39 is 6.10 Å². The number of para-hydroxylation sites is 1. The number of hydrogen-bond acceptors (Lipinski definition) is 3. The van der Waals surface area contributed by atoms with Crippen molar-refractivity contribution in [1.29, 1.82) is 0 Å². The Labute approximate surface area is 141 Å². The van der Waals surface area contributed by atoms with Crippen LogP contribution in [0.2, 0.25) is 0 Å². The molecule has 1 unspecified atom stereocenters. The number of rotatable bonds is 6. The summed E-state index contributed by atoms with van der Waals surface area (Å²) in [6.07, 6.45) is 0.759. The van der Waals surface area contributed by atoms with Gasteiger partial charge in [0.15, 0.2) is 11.5 Å². The highest BCUT2D eigenvalue weighted by molar-refractivity contribution is 5.45. The molecule has 0 amide bonds. The molecule has 3 heteroatoms. The van der Waals surface area contributed by atoms with Crippen LogP contribution in [0, 0.1) is 0 Å². The van der Waals surface area contributed by atoms with E-state index in [1.807, 2.05) is 60.7 Å². The molecule has 0 saturated carbocycles. The summed E-state index contributed by atoms with van der Waals surface area (Å²) in [5, 5.41) is 20.5. The van der Waals surface area contributed by atoms with Gasteiger partial charge in [-0.05, 0) is 48.2 Å². The van der Waals surface area contributed by atoms with Crippen LogP contribution in [0.5, 0.6) is 17.2 Å². The average Bonchev–Trinajstić information content (AvgIpc) is 2.63. The first kappa shape index (κ1) is 16.1. The highest BCUT2D eigenvalue weighted by Gasteiger charge is 2.12. The van der Waals surface area contributed by atoms with Crippen LogP contribution in [0.15, 0.2) is 78.9 Å². The molecule has 122 valence electrons. The summed E-state index contributed by atoms with van der Waals surface area (Å²) in [6, 6.07) is 24.4. The van der Waals surface area contributed by atoms with Crippen LogP contribution in [0.4, 0.5) is 0 Å². The van der Waals surface area contributed by atoms with E-state index in [-0.39, 0.29) is 5.75 Å². The molecular weight excluding hydrogens is 300 g/mol. The fourth-order valence-electron chi connectivity index (χ4n) is 2.56. The Bertz CT molecular complexity index is 770. The molecule has 0 aliphatic rings. The summed E-state index contributed by atoms with van der Waals surface area (Å²) in [4.78, 5) is 0. The van der Waals surface area contributed by atoms with Gasteiger partial charge in [0, 0.05) is 0 Å². The molecule has 0 bridgehead atoms. The van der Waals surface area contributed by atoms with Crippen molar-refractivity contribution in [2.75, 3.05) is 0 Å². The van der Waals surface area contributed by atoms with Gasteiger partial charge in [-0.15, -0.1) is 0 Å².